The lowest BCUT2D eigenvalue weighted by Gasteiger charge is -2.26. The summed E-state index contributed by atoms with van der Waals surface area (Å²) in [6, 6.07) is 23.0. The van der Waals surface area contributed by atoms with Crippen molar-refractivity contribution in [2.24, 2.45) is 0 Å². The number of benzene rings is 3. The highest BCUT2D eigenvalue weighted by molar-refractivity contribution is 7.80. The van der Waals surface area contributed by atoms with Crippen molar-refractivity contribution in [1.29, 1.82) is 0 Å². The van der Waals surface area contributed by atoms with Crippen molar-refractivity contribution >= 4 is 33.9 Å². The van der Waals surface area contributed by atoms with Gasteiger partial charge in [-0.3, -0.25) is 4.79 Å². The summed E-state index contributed by atoms with van der Waals surface area (Å²) in [5.41, 5.74) is 2.87. The number of hydrogen-bond donors (Lipinski definition) is 2. The number of aromatic nitrogens is 1. The molecule has 4 rings (SSSR count). The number of pyridine rings is 1. The second-order valence-corrected chi connectivity index (χ2v) is 8.28. The van der Waals surface area contributed by atoms with Crippen LogP contribution in [0.1, 0.15) is 11.1 Å². The van der Waals surface area contributed by atoms with E-state index in [-0.39, 0.29) is 5.56 Å². The summed E-state index contributed by atoms with van der Waals surface area (Å²) in [6.45, 7) is 0.820. The molecule has 0 spiro atoms. The van der Waals surface area contributed by atoms with Crippen molar-refractivity contribution in [2.45, 2.75) is 13.1 Å². The van der Waals surface area contributed by atoms with Gasteiger partial charge < -0.3 is 29.4 Å². The first-order valence-electron chi connectivity index (χ1n) is 11.0. The zero-order valence-electron chi connectivity index (χ0n) is 19.8. The third kappa shape index (κ3) is 5.55. The van der Waals surface area contributed by atoms with Crippen molar-refractivity contribution < 1.29 is 14.2 Å². The molecule has 0 saturated carbocycles. The van der Waals surface area contributed by atoms with E-state index in [0.29, 0.717) is 46.5 Å². The fraction of sp³-hybridized carbons (Fsp3) is 0.185. The Labute approximate surface area is 209 Å². The van der Waals surface area contributed by atoms with E-state index in [4.69, 9.17) is 26.4 Å². The van der Waals surface area contributed by atoms with Crippen molar-refractivity contribution in [1.82, 2.24) is 9.88 Å². The van der Waals surface area contributed by atoms with E-state index in [9.17, 15) is 4.79 Å². The monoisotopic (exact) mass is 489 g/mol. The molecular formula is C27H27N3O4S. The Bertz CT molecular complexity index is 1390. The van der Waals surface area contributed by atoms with Gasteiger partial charge in [-0.05, 0) is 42.0 Å². The summed E-state index contributed by atoms with van der Waals surface area (Å²) >= 11 is 5.79. The number of hydrogen-bond acceptors (Lipinski definition) is 5. The molecule has 3 aromatic carbocycles. The lowest BCUT2D eigenvalue weighted by Crippen LogP contribution is -2.35. The molecule has 35 heavy (non-hydrogen) atoms. The summed E-state index contributed by atoms with van der Waals surface area (Å²) in [4.78, 5) is 17.9. The third-order valence-corrected chi connectivity index (χ3v) is 6.00. The molecule has 0 atom stereocenters. The fourth-order valence-corrected chi connectivity index (χ4v) is 4.09. The first kappa shape index (κ1) is 24.1. The van der Waals surface area contributed by atoms with Gasteiger partial charge in [-0.25, -0.2) is 0 Å². The molecule has 1 aromatic heterocycles. The molecule has 0 radical (unpaired) electrons. The van der Waals surface area contributed by atoms with Crippen LogP contribution in [0.4, 0.5) is 5.69 Å². The summed E-state index contributed by atoms with van der Waals surface area (Å²) in [5.74, 6) is 1.82. The molecule has 0 aliphatic heterocycles. The van der Waals surface area contributed by atoms with Gasteiger partial charge in [-0.2, -0.15) is 0 Å². The highest BCUT2D eigenvalue weighted by Gasteiger charge is 2.16. The molecule has 7 nitrogen and oxygen atoms in total. The highest BCUT2D eigenvalue weighted by Crippen LogP contribution is 2.31. The van der Waals surface area contributed by atoms with Crippen molar-refractivity contribution in [3.63, 3.8) is 0 Å². The van der Waals surface area contributed by atoms with Gasteiger partial charge in [-0.1, -0.05) is 42.5 Å². The molecule has 0 unspecified atom stereocenters. The Morgan fingerprint density at radius 2 is 1.51 bits per heavy atom. The Balaban J connectivity index is 1.68. The SMILES string of the molecule is COc1ccccc1NC(=S)N(Cc1ccccc1)Cc1cc2cc(OC)c(OC)cc2[nH]c1=O. The third-order valence-electron chi connectivity index (χ3n) is 5.64. The van der Waals surface area contributed by atoms with Gasteiger partial charge in [0.1, 0.15) is 5.75 Å². The Kier molecular flexibility index (Phi) is 7.52. The maximum Gasteiger partial charge on any atom is 0.253 e. The Morgan fingerprint density at radius 3 is 2.23 bits per heavy atom. The predicted molar refractivity (Wildman–Crippen MR) is 143 cm³/mol. The second kappa shape index (κ2) is 10.9. The van der Waals surface area contributed by atoms with Crippen LogP contribution in [0.15, 0.2) is 77.6 Å². The molecule has 0 aliphatic carbocycles. The van der Waals surface area contributed by atoms with E-state index in [2.05, 4.69) is 10.3 Å². The summed E-state index contributed by atoms with van der Waals surface area (Å²) in [7, 11) is 4.76. The normalized spacial score (nSPS) is 10.6. The van der Waals surface area contributed by atoms with Gasteiger partial charge in [0.05, 0.1) is 39.1 Å². The van der Waals surface area contributed by atoms with E-state index >= 15 is 0 Å². The van der Waals surface area contributed by atoms with E-state index in [1.54, 1.807) is 27.4 Å². The molecular weight excluding hydrogens is 462 g/mol. The first-order chi connectivity index (χ1) is 17.0. The van der Waals surface area contributed by atoms with E-state index < -0.39 is 0 Å². The van der Waals surface area contributed by atoms with Crippen molar-refractivity contribution in [3.8, 4) is 17.2 Å². The minimum Gasteiger partial charge on any atom is -0.495 e. The minimum atomic E-state index is -0.192. The topological polar surface area (TPSA) is 75.8 Å². The van der Waals surface area contributed by atoms with Crippen LogP contribution in [-0.2, 0) is 13.1 Å². The number of fused-ring (bicyclic) bond motifs is 1. The number of rotatable bonds is 8. The quantitative estimate of drug-likeness (QED) is 0.339. The molecule has 0 fully saturated rings. The average Bonchev–Trinajstić information content (AvgIpc) is 2.88. The summed E-state index contributed by atoms with van der Waals surface area (Å²) in [5, 5.41) is 4.59. The number of nitrogens with one attached hydrogen (secondary N) is 2. The smallest absolute Gasteiger partial charge is 0.253 e. The zero-order chi connectivity index (χ0) is 24.8. The van der Waals surface area contributed by atoms with Gasteiger partial charge in [0.15, 0.2) is 16.6 Å². The predicted octanol–water partition coefficient (Wildman–Crippen LogP) is 4.95. The van der Waals surface area contributed by atoms with Gasteiger partial charge >= 0.3 is 0 Å². The van der Waals surface area contributed by atoms with E-state index in [0.717, 1.165) is 16.6 Å². The number of H-pyrrole nitrogens is 1. The van der Waals surface area contributed by atoms with Crippen LogP contribution in [0.25, 0.3) is 10.9 Å². The molecule has 8 heteroatoms. The average molecular weight is 490 g/mol. The molecule has 4 aromatic rings. The molecule has 0 aliphatic rings. The van der Waals surface area contributed by atoms with Crippen LogP contribution in [-0.4, -0.2) is 36.3 Å². The fourth-order valence-electron chi connectivity index (χ4n) is 3.85. The minimum absolute atomic E-state index is 0.192. The molecule has 0 saturated heterocycles. The van der Waals surface area contributed by atoms with Gasteiger partial charge in [0.25, 0.3) is 5.56 Å². The van der Waals surface area contributed by atoms with Gasteiger partial charge in [0, 0.05) is 23.6 Å². The summed E-state index contributed by atoms with van der Waals surface area (Å²) < 4.78 is 16.2. The Morgan fingerprint density at radius 1 is 0.857 bits per heavy atom. The lowest BCUT2D eigenvalue weighted by molar-refractivity contribution is 0.355. The number of nitrogens with zero attached hydrogens (tertiary/aromatic N) is 1. The number of ether oxygens (including phenoxy) is 3. The number of methoxy groups -OCH3 is 3. The highest BCUT2D eigenvalue weighted by atomic mass is 32.1. The van der Waals surface area contributed by atoms with Gasteiger partial charge in [0.2, 0.25) is 0 Å². The standard InChI is InChI=1S/C27H27N3O4S/c1-32-23-12-8-7-11-21(23)29-27(35)30(16-18-9-5-4-6-10-18)17-20-13-19-14-24(33-2)25(34-3)15-22(19)28-26(20)31/h4-15H,16-17H2,1-3H3,(H,28,31)(H,29,35). The molecule has 180 valence electrons. The zero-order valence-corrected chi connectivity index (χ0v) is 20.6. The largest absolute Gasteiger partial charge is 0.495 e. The van der Waals surface area contributed by atoms with Crippen LogP contribution in [0.5, 0.6) is 17.2 Å². The number of thiocarbonyl (C=S) groups is 1. The molecule has 2 N–H and O–H groups in total. The van der Waals surface area contributed by atoms with Gasteiger partial charge in [-0.15, -0.1) is 0 Å². The van der Waals surface area contributed by atoms with Crippen molar-refractivity contribution in [3.05, 3.63) is 94.3 Å². The Hall–Kier alpha value is -4.04. The van der Waals surface area contributed by atoms with Crippen LogP contribution in [0.3, 0.4) is 0 Å². The number of para-hydroxylation sites is 2. The second-order valence-electron chi connectivity index (χ2n) is 7.89. The van der Waals surface area contributed by atoms with Crippen LogP contribution >= 0.6 is 12.2 Å². The van der Waals surface area contributed by atoms with Crippen LogP contribution in [0.2, 0.25) is 0 Å². The number of anilines is 1. The molecule has 0 bridgehead atoms. The van der Waals surface area contributed by atoms with E-state index in [1.165, 1.54) is 0 Å². The lowest BCUT2D eigenvalue weighted by atomic mass is 10.1. The number of aromatic amines is 1. The molecule has 1 heterocycles. The maximum atomic E-state index is 13.0. The van der Waals surface area contributed by atoms with E-state index in [1.807, 2.05) is 71.6 Å². The summed E-state index contributed by atoms with van der Waals surface area (Å²) in [6.07, 6.45) is 0. The maximum absolute atomic E-state index is 13.0. The van der Waals surface area contributed by atoms with Crippen LogP contribution in [0, 0.1) is 0 Å². The molecule has 0 amide bonds. The van der Waals surface area contributed by atoms with Crippen molar-refractivity contribution in [2.75, 3.05) is 26.6 Å². The van der Waals surface area contributed by atoms with Crippen LogP contribution < -0.4 is 25.1 Å². The first-order valence-corrected chi connectivity index (χ1v) is 11.4.